The monoisotopic (exact) mass is 442 g/mol. The van der Waals surface area contributed by atoms with Crippen LogP contribution in [0.15, 0.2) is 71.2 Å². The number of halogens is 1. The summed E-state index contributed by atoms with van der Waals surface area (Å²) in [5.74, 6) is -0.413. The molecule has 0 aliphatic carbocycles. The van der Waals surface area contributed by atoms with Gasteiger partial charge in [0.05, 0.1) is 17.1 Å². The van der Waals surface area contributed by atoms with Crippen LogP contribution in [0.5, 0.6) is 17.2 Å². The van der Waals surface area contributed by atoms with Gasteiger partial charge in [-0.2, -0.15) is 0 Å². The van der Waals surface area contributed by atoms with Gasteiger partial charge in [0.15, 0.2) is 11.5 Å². The summed E-state index contributed by atoms with van der Waals surface area (Å²) in [4.78, 5) is 12.0. The first-order chi connectivity index (χ1) is 13.6. The van der Waals surface area contributed by atoms with Crippen molar-refractivity contribution < 1.29 is 24.1 Å². The van der Waals surface area contributed by atoms with Crippen molar-refractivity contribution in [3.05, 3.63) is 87.9 Å². The Balaban J connectivity index is 1.92. The van der Waals surface area contributed by atoms with Crippen molar-refractivity contribution >= 4 is 21.9 Å². The number of methoxy groups -OCH3 is 1. The molecule has 1 N–H and O–H groups in total. The first-order valence-electron chi connectivity index (χ1n) is 8.57. The predicted molar refractivity (Wildman–Crippen MR) is 109 cm³/mol. The van der Waals surface area contributed by atoms with Crippen LogP contribution in [0.1, 0.15) is 21.5 Å². The Hall–Kier alpha value is -2.99. The second-order valence-corrected chi connectivity index (χ2v) is 6.75. The lowest BCUT2D eigenvalue weighted by atomic mass is 10.1. The third-order valence-corrected chi connectivity index (χ3v) is 4.83. The highest BCUT2D eigenvalue weighted by Gasteiger charge is 2.23. The average Bonchev–Trinajstić information content (AvgIpc) is 2.74. The average molecular weight is 443 g/mol. The fourth-order valence-corrected chi connectivity index (χ4v) is 3.03. The molecule has 0 saturated heterocycles. The van der Waals surface area contributed by atoms with Crippen LogP contribution in [0.3, 0.4) is 0 Å². The summed E-state index contributed by atoms with van der Waals surface area (Å²) in [6.45, 7) is 0.490. The lowest BCUT2D eigenvalue weighted by molar-refractivity contribution is 0.0598. The lowest BCUT2D eigenvalue weighted by Gasteiger charge is -2.17. The van der Waals surface area contributed by atoms with Crippen LogP contribution in [-0.4, -0.2) is 18.2 Å². The molecule has 0 saturated carbocycles. The summed E-state index contributed by atoms with van der Waals surface area (Å²) in [7, 11) is 1.27. The molecular formula is C22H19BrO5. The molecule has 0 aliphatic heterocycles. The second-order valence-electron chi connectivity index (χ2n) is 5.95. The van der Waals surface area contributed by atoms with Crippen LogP contribution in [0.4, 0.5) is 0 Å². The molecule has 0 unspecified atom stereocenters. The zero-order chi connectivity index (χ0) is 19.9. The number of phenols is 1. The molecule has 28 heavy (non-hydrogen) atoms. The normalized spacial score (nSPS) is 10.4. The van der Waals surface area contributed by atoms with E-state index in [1.807, 2.05) is 60.7 Å². The molecule has 3 rings (SSSR count). The zero-order valence-electron chi connectivity index (χ0n) is 15.2. The second kappa shape index (κ2) is 9.28. The Morgan fingerprint density at radius 2 is 1.46 bits per heavy atom. The molecule has 0 heterocycles. The van der Waals surface area contributed by atoms with Gasteiger partial charge in [-0.15, -0.1) is 0 Å². The maximum atomic E-state index is 12.0. The van der Waals surface area contributed by atoms with Crippen LogP contribution >= 0.6 is 15.9 Å². The summed E-state index contributed by atoms with van der Waals surface area (Å²) < 4.78 is 16.7. The van der Waals surface area contributed by atoms with E-state index < -0.39 is 5.97 Å². The minimum atomic E-state index is -0.596. The Kier molecular flexibility index (Phi) is 6.55. The minimum absolute atomic E-state index is 0.148. The predicted octanol–water partition coefficient (Wildman–Crippen LogP) is 5.10. The summed E-state index contributed by atoms with van der Waals surface area (Å²) in [6.07, 6.45) is 0. The van der Waals surface area contributed by atoms with Crippen molar-refractivity contribution in [2.24, 2.45) is 0 Å². The van der Waals surface area contributed by atoms with Gasteiger partial charge in [-0.05, 0) is 33.1 Å². The third kappa shape index (κ3) is 4.64. The molecular weight excluding hydrogens is 424 g/mol. The highest BCUT2D eigenvalue weighted by molar-refractivity contribution is 9.10. The fraction of sp³-hybridized carbons (Fsp3) is 0.136. The van der Waals surface area contributed by atoms with Crippen LogP contribution in [0, 0.1) is 0 Å². The van der Waals surface area contributed by atoms with Crippen molar-refractivity contribution in [3.8, 4) is 17.2 Å². The van der Waals surface area contributed by atoms with E-state index >= 15 is 0 Å². The smallest absolute Gasteiger partial charge is 0.339 e. The van der Waals surface area contributed by atoms with E-state index in [-0.39, 0.29) is 40.5 Å². The molecule has 0 bridgehead atoms. The number of phenolic OH excluding ortho intramolecular Hbond substituents is 1. The summed E-state index contributed by atoms with van der Waals surface area (Å²) in [6, 6.07) is 20.6. The van der Waals surface area contributed by atoms with Gasteiger partial charge in [-0.25, -0.2) is 4.79 Å². The number of ether oxygens (including phenoxy) is 3. The molecule has 0 aromatic heterocycles. The molecule has 3 aromatic rings. The highest BCUT2D eigenvalue weighted by atomic mass is 79.9. The van der Waals surface area contributed by atoms with Gasteiger partial charge in [0, 0.05) is 0 Å². The van der Waals surface area contributed by atoms with Gasteiger partial charge in [0.2, 0.25) is 5.75 Å². The fourth-order valence-electron chi connectivity index (χ4n) is 2.57. The molecule has 6 heteroatoms. The van der Waals surface area contributed by atoms with Crippen molar-refractivity contribution in [3.63, 3.8) is 0 Å². The molecule has 0 spiro atoms. The van der Waals surface area contributed by atoms with E-state index in [9.17, 15) is 9.90 Å². The van der Waals surface area contributed by atoms with Crippen LogP contribution in [0.25, 0.3) is 0 Å². The van der Waals surface area contributed by atoms with Crippen LogP contribution < -0.4 is 9.47 Å². The van der Waals surface area contributed by atoms with E-state index in [4.69, 9.17) is 14.2 Å². The Bertz CT molecular complexity index is 942. The van der Waals surface area contributed by atoms with Gasteiger partial charge < -0.3 is 19.3 Å². The number of hydrogen-bond donors (Lipinski definition) is 1. The molecule has 0 aliphatic rings. The van der Waals surface area contributed by atoms with Gasteiger partial charge in [0.25, 0.3) is 0 Å². The molecule has 0 fully saturated rings. The summed E-state index contributed by atoms with van der Waals surface area (Å²) in [5.41, 5.74) is 2.03. The molecule has 0 radical (unpaired) electrons. The van der Waals surface area contributed by atoms with Gasteiger partial charge in [-0.1, -0.05) is 60.7 Å². The SMILES string of the molecule is COC(=O)c1cc(OCc2ccccc2)c(OCc2ccccc2)c(O)c1Br. The third-order valence-electron chi connectivity index (χ3n) is 4.03. The Morgan fingerprint density at radius 3 is 2.00 bits per heavy atom. The maximum Gasteiger partial charge on any atom is 0.339 e. The first kappa shape index (κ1) is 19.8. The first-order valence-corrected chi connectivity index (χ1v) is 9.36. The van der Waals surface area contributed by atoms with E-state index in [1.165, 1.54) is 13.2 Å². The number of rotatable bonds is 7. The van der Waals surface area contributed by atoms with Crippen molar-refractivity contribution in [1.29, 1.82) is 0 Å². The van der Waals surface area contributed by atoms with Gasteiger partial charge in [0.1, 0.15) is 13.2 Å². The quantitative estimate of drug-likeness (QED) is 0.515. The van der Waals surface area contributed by atoms with Crippen LogP contribution in [-0.2, 0) is 18.0 Å². The Morgan fingerprint density at radius 1 is 0.929 bits per heavy atom. The topological polar surface area (TPSA) is 65.0 Å². The van der Waals surface area contributed by atoms with E-state index in [2.05, 4.69) is 15.9 Å². The number of esters is 1. The standard InChI is InChI=1S/C22H19BrO5/c1-26-22(25)17-12-18(27-13-15-8-4-2-5-9-15)21(20(24)19(17)23)28-14-16-10-6-3-7-11-16/h2-12,24H,13-14H2,1H3. The number of carbonyl (C=O) groups excluding carboxylic acids is 1. The van der Waals surface area contributed by atoms with Gasteiger partial charge >= 0.3 is 5.97 Å². The Labute approximate surface area is 171 Å². The number of aromatic hydroxyl groups is 1. The number of hydrogen-bond acceptors (Lipinski definition) is 5. The largest absolute Gasteiger partial charge is 0.503 e. The van der Waals surface area contributed by atoms with E-state index in [0.29, 0.717) is 0 Å². The molecule has 5 nitrogen and oxygen atoms in total. The number of benzene rings is 3. The summed E-state index contributed by atoms with van der Waals surface area (Å²) >= 11 is 3.24. The highest BCUT2D eigenvalue weighted by Crippen LogP contribution is 2.45. The van der Waals surface area contributed by atoms with Crippen LogP contribution in [0.2, 0.25) is 0 Å². The van der Waals surface area contributed by atoms with Gasteiger partial charge in [-0.3, -0.25) is 0 Å². The van der Waals surface area contributed by atoms with Crippen molar-refractivity contribution in [1.82, 2.24) is 0 Å². The molecule has 0 atom stereocenters. The maximum absolute atomic E-state index is 12.0. The van der Waals surface area contributed by atoms with E-state index in [1.54, 1.807) is 0 Å². The van der Waals surface area contributed by atoms with Crippen molar-refractivity contribution in [2.75, 3.05) is 7.11 Å². The summed E-state index contributed by atoms with van der Waals surface area (Å²) in [5, 5.41) is 10.6. The van der Waals surface area contributed by atoms with Crippen molar-refractivity contribution in [2.45, 2.75) is 13.2 Å². The lowest BCUT2D eigenvalue weighted by Crippen LogP contribution is -2.06. The zero-order valence-corrected chi connectivity index (χ0v) is 16.8. The van der Waals surface area contributed by atoms with E-state index in [0.717, 1.165) is 11.1 Å². The minimum Gasteiger partial charge on any atom is -0.503 e. The molecule has 0 amide bonds. The number of carbonyl (C=O) groups is 1. The molecule has 3 aromatic carbocycles. The molecule has 144 valence electrons.